The maximum Gasteiger partial charge on any atom is 0.251 e. The van der Waals surface area contributed by atoms with Gasteiger partial charge in [-0.2, -0.15) is 5.26 Å². The van der Waals surface area contributed by atoms with Crippen LogP contribution in [-0.4, -0.2) is 12.2 Å². The van der Waals surface area contributed by atoms with Gasteiger partial charge in [0.15, 0.2) is 0 Å². The third-order valence-corrected chi connectivity index (χ3v) is 3.96. The summed E-state index contributed by atoms with van der Waals surface area (Å²) in [6.45, 7) is 1.94. The molecule has 0 spiro atoms. The van der Waals surface area contributed by atoms with Crippen LogP contribution in [0.3, 0.4) is 0 Å². The molecule has 0 aliphatic carbocycles. The molecule has 1 N–H and O–H groups in total. The van der Waals surface area contributed by atoms with Crippen molar-refractivity contribution in [3.05, 3.63) is 65.2 Å². The first-order valence-electron chi connectivity index (χ1n) is 6.59. The quantitative estimate of drug-likeness (QED) is 0.874. The predicted molar refractivity (Wildman–Crippen MR) is 85.3 cm³/mol. The lowest BCUT2D eigenvalue weighted by atomic mass is 10.1. The van der Waals surface area contributed by atoms with Crippen molar-refractivity contribution in [1.82, 2.24) is 5.32 Å². The molecule has 0 radical (unpaired) electrons. The van der Waals surface area contributed by atoms with Crippen molar-refractivity contribution in [3.63, 3.8) is 0 Å². The first-order chi connectivity index (χ1) is 10.1. The average Bonchev–Trinajstić information content (AvgIpc) is 2.54. The number of benzene rings is 2. The summed E-state index contributed by atoms with van der Waals surface area (Å²) in [5, 5.41) is 11.8. The van der Waals surface area contributed by atoms with E-state index in [2.05, 4.69) is 5.32 Å². The van der Waals surface area contributed by atoms with Gasteiger partial charge in [0, 0.05) is 10.5 Å². The van der Waals surface area contributed by atoms with Gasteiger partial charge in [0.05, 0.1) is 17.7 Å². The number of hydrogen-bond donors (Lipinski definition) is 1. The van der Waals surface area contributed by atoms with Crippen LogP contribution in [-0.2, 0) is 0 Å². The number of thioether (sulfide) groups is 1. The molecule has 0 unspecified atom stereocenters. The van der Waals surface area contributed by atoms with Crippen LogP contribution in [0.25, 0.3) is 0 Å². The summed E-state index contributed by atoms with van der Waals surface area (Å²) in [5.41, 5.74) is 2.04. The molecular weight excluding hydrogens is 280 g/mol. The number of nitriles is 1. The van der Waals surface area contributed by atoms with E-state index in [1.807, 2.05) is 43.5 Å². The van der Waals surface area contributed by atoms with Gasteiger partial charge in [0.2, 0.25) is 0 Å². The number of carbonyl (C=O) groups excluding carboxylic acids is 1. The normalized spacial score (nSPS) is 11.5. The zero-order valence-electron chi connectivity index (χ0n) is 12.0. The zero-order valence-corrected chi connectivity index (χ0v) is 12.8. The maximum atomic E-state index is 12.2. The van der Waals surface area contributed by atoms with Gasteiger partial charge in [-0.1, -0.05) is 18.2 Å². The summed E-state index contributed by atoms with van der Waals surface area (Å²) < 4.78 is 0. The molecule has 0 aromatic heterocycles. The van der Waals surface area contributed by atoms with E-state index in [-0.39, 0.29) is 11.9 Å². The lowest BCUT2D eigenvalue weighted by Gasteiger charge is -2.15. The lowest BCUT2D eigenvalue weighted by Crippen LogP contribution is -2.26. The van der Waals surface area contributed by atoms with Crippen LogP contribution < -0.4 is 5.32 Å². The molecular formula is C17H16N2OS. The van der Waals surface area contributed by atoms with E-state index in [9.17, 15) is 4.79 Å². The smallest absolute Gasteiger partial charge is 0.251 e. The molecule has 0 saturated heterocycles. The van der Waals surface area contributed by atoms with Gasteiger partial charge in [-0.15, -0.1) is 11.8 Å². The highest BCUT2D eigenvalue weighted by molar-refractivity contribution is 7.98. The van der Waals surface area contributed by atoms with Crippen LogP contribution >= 0.6 is 11.8 Å². The van der Waals surface area contributed by atoms with E-state index in [0.29, 0.717) is 11.1 Å². The fourth-order valence-corrected chi connectivity index (χ4v) is 2.39. The summed E-state index contributed by atoms with van der Waals surface area (Å²) >= 11 is 1.69. The summed E-state index contributed by atoms with van der Waals surface area (Å²) in [6, 6.07) is 16.8. The van der Waals surface area contributed by atoms with Crippen LogP contribution in [0.5, 0.6) is 0 Å². The van der Waals surface area contributed by atoms with Crippen molar-refractivity contribution in [1.29, 1.82) is 5.26 Å². The fourth-order valence-electron chi connectivity index (χ4n) is 1.99. The van der Waals surface area contributed by atoms with Crippen molar-refractivity contribution in [3.8, 4) is 6.07 Å². The monoisotopic (exact) mass is 296 g/mol. The standard InChI is InChI=1S/C17H16N2OS/c1-12(14-6-8-16(21-2)9-7-14)19-17(20)15-5-3-4-13(10-15)11-18/h3-10,12H,1-2H3,(H,19,20)/t12-/m0/s1. The molecule has 0 fully saturated rings. The molecule has 0 bridgehead atoms. The Morgan fingerprint density at radius 2 is 1.95 bits per heavy atom. The van der Waals surface area contributed by atoms with E-state index in [1.54, 1.807) is 36.0 Å². The maximum absolute atomic E-state index is 12.2. The minimum absolute atomic E-state index is 0.0841. The van der Waals surface area contributed by atoms with Gasteiger partial charge in [-0.3, -0.25) is 4.79 Å². The molecule has 21 heavy (non-hydrogen) atoms. The summed E-state index contributed by atoms with van der Waals surface area (Å²) in [7, 11) is 0. The molecule has 1 amide bonds. The second kappa shape index (κ2) is 6.96. The minimum atomic E-state index is -0.173. The van der Waals surface area contributed by atoms with Crippen molar-refractivity contribution < 1.29 is 4.79 Å². The van der Waals surface area contributed by atoms with Crippen LogP contribution in [0, 0.1) is 11.3 Å². The largest absolute Gasteiger partial charge is 0.346 e. The summed E-state index contributed by atoms with van der Waals surface area (Å²) in [5.74, 6) is -0.173. The van der Waals surface area contributed by atoms with Crippen LogP contribution in [0.4, 0.5) is 0 Å². The molecule has 4 heteroatoms. The highest BCUT2D eigenvalue weighted by Gasteiger charge is 2.11. The Hall–Kier alpha value is -2.25. The topological polar surface area (TPSA) is 52.9 Å². The van der Waals surface area contributed by atoms with E-state index < -0.39 is 0 Å². The van der Waals surface area contributed by atoms with Gasteiger partial charge in [0.25, 0.3) is 5.91 Å². The molecule has 0 aliphatic heterocycles. The van der Waals surface area contributed by atoms with Gasteiger partial charge in [0.1, 0.15) is 0 Å². The summed E-state index contributed by atoms with van der Waals surface area (Å²) in [4.78, 5) is 13.4. The highest BCUT2D eigenvalue weighted by Crippen LogP contribution is 2.19. The van der Waals surface area contributed by atoms with E-state index in [4.69, 9.17) is 5.26 Å². The number of hydrogen-bond acceptors (Lipinski definition) is 3. The average molecular weight is 296 g/mol. The SMILES string of the molecule is CSc1ccc([C@H](C)NC(=O)c2cccc(C#N)c2)cc1. The number of nitrogens with zero attached hydrogens (tertiary/aromatic N) is 1. The van der Waals surface area contributed by atoms with Gasteiger partial charge >= 0.3 is 0 Å². The summed E-state index contributed by atoms with van der Waals surface area (Å²) in [6.07, 6.45) is 2.03. The van der Waals surface area contributed by atoms with Crippen LogP contribution in [0.1, 0.15) is 34.5 Å². The third kappa shape index (κ3) is 3.87. The van der Waals surface area contributed by atoms with Crippen molar-refractivity contribution in [2.45, 2.75) is 17.9 Å². The van der Waals surface area contributed by atoms with E-state index >= 15 is 0 Å². The molecule has 0 heterocycles. The van der Waals surface area contributed by atoms with Gasteiger partial charge < -0.3 is 5.32 Å². The minimum Gasteiger partial charge on any atom is -0.346 e. The molecule has 2 rings (SSSR count). The first kappa shape index (κ1) is 15.1. The van der Waals surface area contributed by atoms with Gasteiger partial charge in [-0.25, -0.2) is 0 Å². The van der Waals surface area contributed by atoms with Crippen molar-refractivity contribution in [2.75, 3.05) is 6.26 Å². The Kier molecular flexibility index (Phi) is 5.02. The Balaban J connectivity index is 2.09. The molecule has 2 aromatic rings. The Morgan fingerprint density at radius 1 is 1.24 bits per heavy atom. The van der Waals surface area contributed by atoms with Crippen molar-refractivity contribution in [2.24, 2.45) is 0 Å². The zero-order chi connectivity index (χ0) is 15.2. The molecule has 2 aromatic carbocycles. The van der Waals surface area contributed by atoms with Crippen LogP contribution in [0.15, 0.2) is 53.4 Å². The molecule has 0 aliphatic rings. The molecule has 3 nitrogen and oxygen atoms in total. The molecule has 106 valence electrons. The number of rotatable bonds is 4. The third-order valence-electron chi connectivity index (χ3n) is 3.22. The first-order valence-corrected chi connectivity index (χ1v) is 7.81. The number of amides is 1. The second-order valence-corrected chi connectivity index (χ2v) is 5.54. The van der Waals surface area contributed by atoms with Crippen LogP contribution in [0.2, 0.25) is 0 Å². The van der Waals surface area contributed by atoms with E-state index in [0.717, 1.165) is 5.56 Å². The number of carbonyl (C=O) groups is 1. The lowest BCUT2D eigenvalue weighted by molar-refractivity contribution is 0.0940. The Morgan fingerprint density at radius 3 is 2.57 bits per heavy atom. The molecule has 0 saturated carbocycles. The van der Waals surface area contributed by atoms with E-state index in [1.165, 1.54) is 4.90 Å². The Labute approximate surface area is 129 Å². The predicted octanol–water partition coefficient (Wildman–Crippen LogP) is 3.77. The second-order valence-electron chi connectivity index (χ2n) is 4.66. The molecule has 1 atom stereocenters. The fraction of sp³-hybridized carbons (Fsp3) is 0.176. The highest BCUT2D eigenvalue weighted by atomic mass is 32.2. The van der Waals surface area contributed by atoms with Crippen molar-refractivity contribution >= 4 is 17.7 Å². The number of nitrogens with one attached hydrogen (secondary N) is 1. The Bertz CT molecular complexity index is 674. The van der Waals surface area contributed by atoms with Gasteiger partial charge in [-0.05, 0) is 49.1 Å².